The third kappa shape index (κ3) is 2.29. The van der Waals surface area contributed by atoms with Crippen molar-refractivity contribution < 1.29 is 4.74 Å². The largest absolute Gasteiger partial charge is 0.496 e. The van der Waals surface area contributed by atoms with Gasteiger partial charge in [-0.1, -0.05) is 23.9 Å². The molecule has 0 amide bonds. The van der Waals surface area contributed by atoms with E-state index in [9.17, 15) is 4.79 Å². The van der Waals surface area contributed by atoms with E-state index in [1.54, 1.807) is 30.0 Å². The molecule has 3 aromatic rings. The van der Waals surface area contributed by atoms with Gasteiger partial charge in [0.05, 0.1) is 13.2 Å². The second kappa shape index (κ2) is 5.94. The van der Waals surface area contributed by atoms with E-state index >= 15 is 0 Å². The standard InChI is InChI=1S/C18H17N3O2S/c1-23-14-5-3-4-11-6-8-13(16(11)14)21-15(22)9-7-12-10-19-18(24-2)20-17(12)21/h3-5,7,9-10,13H,6,8H2,1-2H3. The van der Waals surface area contributed by atoms with Gasteiger partial charge in [-0.05, 0) is 36.8 Å². The van der Waals surface area contributed by atoms with Crippen LogP contribution in [0, 0.1) is 0 Å². The van der Waals surface area contributed by atoms with E-state index in [2.05, 4.69) is 16.0 Å². The van der Waals surface area contributed by atoms with Crippen LogP contribution in [0.1, 0.15) is 23.6 Å². The Morgan fingerprint density at radius 1 is 1.29 bits per heavy atom. The van der Waals surface area contributed by atoms with Crippen molar-refractivity contribution in [1.82, 2.24) is 14.5 Å². The molecule has 1 aliphatic carbocycles. The first-order valence-corrected chi connectivity index (χ1v) is 9.03. The number of benzene rings is 1. The Bertz CT molecular complexity index is 984. The summed E-state index contributed by atoms with van der Waals surface area (Å²) in [4.78, 5) is 21.6. The molecule has 0 fully saturated rings. The summed E-state index contributed by atoms with van der Waals surface area (Å²) in [5, 5.41) is 1.54. The topological polar surface area (TPSA) is 57.0 Å². The molecular formula is C18H17N3O2S. The monoisotopic (exact) mass is 339 g/mol. The molecule has 24 heavy (non-hydrogen) atoms. The van der Waals surface area contributed by atoms with Gasteiger partial charge < -0.3 is 4.74 Å². The van der Waals surface area contributed by atoms with Gasteiger partial charge in [-0.15, -0.1) is 0 Å². The summed E-state index contributed by atoms with van der Waals surface area (Å²) in [7, 11) is 1.67. The fourth-order valence-corrected chi connectivity index (χ4v) is 3.82. The van der Waals surface area contributed by atoms with E-state index in [0.29, 0.717) is 10.8 Å². The maximum absolute atomic E-state index is 12.7. The molecule has 0 aliphatic heterocycles. The molecule has 1 aliphatic rings. The summed E-state index contributed by atoms with van der Waals surface area (Å²) in [6.45, 7) is 0. The van der Waals surface area contributed by atoms with Gasteiger partial charge in [-0.3, -0.25) is 9.36 Å². The average Bonchev–Trinajstić information content (AvgIpc) is 3.05. The zero-order valence-corrected chi connectivity index (χ0v) is 14.3. The van der Waals surface area contributed by atoms with Crippen LogP contribution < -0.4 is 10.3 Å². The number of nitrogens with zero attached hydrogens (tertiary/aromatic N) is 3. The first kappa shape index (κ1) is 15.2. The molecule has 0 bridgehead atoms. The lowest BCUT2D eigenvalue weighted by atomic mass is 10.1. The van der Waals surface area contributed by atoms with E-state index in [1.165, 1.54) is 17.3 Å². The third-order valence-corrected chi connectivity index (χ3v) is 5.10. The van der Waals surface area contributed by atoms with Gasteiger partial charge in [-0.2, -0.15) is 0 Å². The van der Waals surface area contributed by atoms with E-state index in [0.717, 1.165) is 29.5 Å². The maximum Gasteiger partial charge on any atom is 0.252 e. The minimum Gasteiger partial charge on any atom is -0.496 e. The maximum atomic E-state index is 12.7. The number of hydrogen-bond donors (Lipinski definition) is 0. The van der Waals surface area contributed by atoms with Crippen LogP contribution in [-0.4, -0.2) is 27.9 Å². The van der Waals surface area contributed by atoms with Crippen molar-refractivity contribution in [3.8, 4) is 5.75 Å². The summed E-state index contributed by atoms with van der Waals surface area (Å²) < 4.78 is 7.35. The van der Waals surface area contributed by atoms with Crippen molar-refractivity contribution >= 4 is 22.8 Å². The summed E-state index contributed by atoms with van der Waals surface area (Å²) in [5.74, 6) is 0.832. The molecule has 5 nitrogen and oxygen atoms in total. The Morgan fingerprint density at radius 3 is 2.96 bits per heavy atom. The molecule has 4 rings (SSSR count). The summed E-state index contributed by atoms with van der Waals surface area (Å²) in [6.07, 6.45) is 5.51. The molecule has 0 saturated carbocycles. The van der Waals surface area contributed by atoms with Crippen molar-refractivity contribution in [2.24, 2.45) is 0 Å². The number of aromatic nitrogens is 3. The SMILES string of the molecule is COc1cccc2c1C(n1c(=O)ccc3cnc(SC)nc31)CC2. The number of aryl methyl sites for hydroxylation is 1. The summed E-state index contributed by atoms with van der Waals surface area (Å²) >= 11 is 1.47. The number of rotatable bonds is 3. The number of ether oxygens (including phenoxy) is 1. The number of thioether (sulfide) groups is 1. The average molecular weight is 339 g/mol. The molecule has 1 unspecified atom stereocenters. The molecule has 0 saturated heterocycles. The third-order valence-electron chi connectivity index (χ3n) is 4.54. The van der Waals surface area contributed by atoms with E-state index < -0.39 is 0 Å². The second-order valence-corrected chi connectivity index (χ2v) is 6.54. The minimum atomic E-state index is -0.0584. The van der Waals surface area contributed by atoms with Crippen molar-refractivity contribution in [2.75, 3.05) is 13.4 Å². The molecule has 0 N–H and O–H groups in total. The highest BCUT2D eigenvalue weighted by atomic mass is 32.2. The van der Waals surface area contributed by atoms with E-state index in [1.807, 2.05) is 18.4 Å². The predicted octanol–water partition coefficient (Wildman–Crippen LogP) is 3.06. The van der Waals surface area contributed by atoms with Crippen molar-refractivity contribution in [3.63, 3.8) is 0 Å². The molecule has 1 aromatic carbocycles. The highest BCUT2D eigenvalue weighted by Gasteiger charge is 2.29. The van der Waals surface area contributed by atoms with Gasteiger partial charge >= 0.3 is 0 Å². The molecule has 0 radical (unpaired) electrons. The Kier molecular flexibility index (Phi) is 3.76. The zero-order chi connectivity index (χ0) is 16.7. The van der Waals surface area contributed by atoms with Gasteiger partial charge in [0.15, 0.2) is 5.16 Å². The van der Waals surface area contributed by atoms with Gasteiger partial charge in [0, 0.05) is 23.2 Å². The fourth-order valence-electron chi connectivity index (χ4n) is 3.48. The van der Waals surface area contributed by atoms with Crippen molar-refractivity contribution in [1.29, 1.82) is 0 Å². The second-order valence-electron chi connectivity index (χ2n) is 5.76. The fraction of sp³-hybridized carbons (Fsp3) is 0.278. The quantitative estimate of drug-likeness (QED) is 0.542. The number of hydrogen-bond acceptors (Lipinski definition) is 5. The lowest BCUT2D eigenvalue weighted by Gasteiger charge is -2.19. The molecule has 122 valence electrons. The van der Waals surface area contributed by atoms with Gasteiger partial charge in [0.25, 0.3) is 5.56 Å². The minimum absolute atomic E-state index is 0.0444. The van der Waals surface area contributed by atoms with Crippen LogP contribution in [0.2, 0.25) is 0 Å². The first-order chi connectivity index (χ1) is 11.7. The lowest BCUT2D eigenvalue weighted by molar-refractivity contribution is 0.403. The number of methoxy groups -OCH3 is 1. The van der Waals surface area contributed by atoms with Crippen LogP contribution in [0.4, 0.5) is 0 Å². The Balaban J connectivity index is 1.99. The van der Waals surface area contributed by atoms with Crippen molar-refractivity contribution in [2.45, 2.75) is 24.0 Å². The molecule has 1 atom stereocenters. The molecule has 0 spiro atoms. The summed E-state index contributed by atoms with van der Waals surface area (Å²) in [5.41, 5.74) is 2.98. The zero-order valence-electron chi connectivity index (χ0n) is 13.5. The van der Waals surface area contributed by atoms with Gasteiger partial charge in [0.2, 0.25) is 0 Å². The predicted molar refractivity (Wildman–Crippen MR) is 95.0 cm³/mol. The summed E-state index contributed by atoms with van der Waals surface area (Å²) in [6, 6.07) is 9.39. The van der Waals surface area contributed by atoms with Gasteiger partial charge in [0.1, 0.15) is 11.4 Å². The highest BCUT2D eigenvalue weighted by molar-refractivity contribution is 7.98. The Hall–Kier alpha value is -2.34. The van der Waals surface area contributed by atoms with Gasteiger partial charge in [-0.25, -0.2) is 9.97 Å². The van der Waals surface area contributed by atoms with Crippen LogP contribution >= 0.6 is 11.8 Å². The molecule has 2 heterocycles. The van der Waals surface area contributed by atoms with Crippen LogP contribution in [0.3, 0.4) is 0 Å². The number of fused-ring (bicyclic) bond motifs is 2. The van der Waals surface area contributed by atoms with Crippen LogP contribution in [-0.2, 0) is 6.42 Å². The normalized spacial score (nSPS) is 16.3. The lowest BCUT2D eigenvalue weighted by Crippen LogP contribution is -2.25. The smallest absolute Gasteiger partial charge is 0.252 e. The Morgan fingerprint density at radius 2 is 2.17 bits per heavy atom. The molecule has 6 heteroatoms. The van der Waals surface area contributed by atoms with Crippen LogP contribution in [0.15, 0.2) is 46.5 Å². The van der Waals surface area contributed by atoms with E-state index in [4.69, 9.17) is 4.74 Å². The molecule has 2 aromatic heterocycles. The molecular weight excluding hydrogens is 322 g/mol. The number of pyridine rings is 1. The van der Waals surface area contributed by atoms with E-state index in [-0.39, 0.29) is 11.6 Å². The highest BCUT2D eigenvalue weighted by Crippen LogP contribution is 2.40. The Labute approximate surface area is 143 Å². The van der Waals surface area contributed by atoms with Crippen molar-refractivity contribution in [3.05, 3.63) is 58.0 Å². The van der Waals surface area contributed by atoms with Crippen LogP contribution in [0.25, 0.3) is 11.0 Å². The van der Waals surface area contributed by atoms with Crippen LogP contribution in [0.5, 0.6) is 5.75 Å². The first-order valence-electron chi connectivity index (χ1n) is 7.81.